The molecule has 0 spiro atoms. The molecule has 3 nitrogen and oxygen atoms in total. The smallest absolute Gasteiger partial charge is 0.255 e. The maximum absolute atomic E-state index is 12.2. The number of hydrogen-bond acceptors (Lipinski definition) is 2. The van der Waals surface area contributed by atoms with E-state index in [0.29, 0.717) is 16.6 Å². The minimum atomic E-state index is 0. The maximum Gasteiger partial charge on any atom is 0.255 e. The molecule has 1 fully saturated rings. The lowest BCUT2D eigenvalue weighted by molar-refractivity contribution is 0.0709. The molecule has 1 amide bonds. The van der Waals surface area contributed by atoms with E-state index in [1.54, 1.807) is 12.1 Å². The van der Waals surface area contributed by atoms with Gasteiger partial charge in [-0.1, -0.05) is 23.7 Å². The van der Waals surface area contributed by atoms with Crippen molar-refractivity contribution < 1.29 is 4.79 Å². The summed E-state index contributed by atoms with van der Waals surface area (Å²) in [4.78, 5) is 14.0. The highest BCUT2D eigenvalue weighted by Crippen LogP contribution is 2.17. The Hall–Kier alpha value is -0.770. The molecule has 1 heterocycles. The monoisotopic (exact) mass is 274 g/mol. The van der Waals surface area contributed by atoms with Gasteiger partial charge in [-0.05, 0) is 19.1 Å². The third-order valence-electron chi connectivity index (χ3n) is 2.76. The fourth-order valence-electron chi connectivity index (χ4n) is 1.92. The molecule has 0 radical (unpaired) electrons. The van der Waals surface area contributed by atoms with Gasteiger partial charge < -0.3 is 10.2 Å². The Morgan fingerprint density at radius 1 is 1.47 bits per heavy atom. The normalized spacial score (nSPS) is 19.6. The van der Waals surface area contributed by atoms with E-state index < -0.39 is 0 Å². The van der Waals surface area contributed by atoms with Crippen molar-refractivity contribution in [3.05, 3.63) is 34.9 Å². The molecule has 0 saturated carbocycles. The lowest BCUT2D eigenvalue weighted by Crippen LogP contribution is -2.51. The Balaban J connectivity index is 0.00000144. The second kappa shape index (κ2) is 6.24. The van der Waals surface area contributed by atoms with Crippen LogP contribution in [0.5, 0.6) is 0 Å². The molecule has 0 aliphatic carbocycles. The topological polar surface area (TPSA) is 32.3 Å². The first kappa shape index (κ1) is 14.3. The molecule has 2 rings (SSSR count). The summed E-state index contributed by atoms with van der Waals surface area (Å²) in [6.45, 7) is 4.40. The molecule has 1 N–H and O–H groups in total. The number of halogens is 2. The van der Waals surface area contributed by atoms with Gasteiger partial charge in [0.2, 0.25) is 0 Å². The quantitative estimate of drug-likeness (QED) is 0.852. The number of benzene rings is 1. The average Bonchev–Trinajstić information content (AvgIpc) is 2.29. The second-order valence-corrected chi connectivity index (χ2v) is 4.49. The van der Waals surface area contributed by atoms with Crippen LogP contribution in [0.15, 0.2) is 24.3 Å². The molecule has 1 atom stereocenters. The van der Waals surface area contributed by atoms with Crippen LogP contribution in [0, 0.1) is 0 Å². The zero-order chi connectivity index (χ0) is 11.5. The van der Waals surface area contributed by atoms with Gasteiger partial charge in [-0.2, -0.15) is 0 Å². The van der Waals surface area contributed by atoms with Gasteiger partial charge in [-0.15, -0.1) is 12.4 Å². The van der Waals surface area contributed by atoms with Crippen molar-refractivity contribution in [2.24, 2.45) is 0 Å². The first-order valence-corrected chi connectivity index (χ1v) is 5.83. The Bertz CT molecular complexity index is 398. The number of rotatable bonds is 1. The molecule has 0 aromatic heterocycles. The Kier molecular flexibility index (Phi) is 5.25. The number of carbonyl (C=O) groups is 1. The fourth-order valence-corrected chi connectivity index (χ4v) is 2.14. The zero-order valence-electron chi connectivity index (χ0n) is 9.65. The van der Waals surface area contributed by atoms with Crippen LogP contribution in [0.1, 0.15) is 17.3 Å². The van der Waals surface area contributed by atoms with E-state index in [1.165, 1.54) is 0 Å². The van der Waals surface area contributed by atoms with Crippen LogP contribution in [-0.4, -0.2) is 36.5 Å². The van der Waals surface area contributed by atoms with Gasteiger partial charge in [0.25, 0.3) is 5.91 Å². The maximum atomic E-state index is 12.2. The molecule has 0 bridgehead atoms. The molecule has 1 aromatic carbocycles. The molecule has 5 heteroatoms. The predicted molar refractivity (Wildman–Crippen MR) is 72.1 cm³/mol. The highest BCUT2D eigenvalue weighted by atomic mass is 35.5. The van der Waals surface area contributed by atoms with E-state index in [4.69, 9.17) is 11.6 Å². The van der Waals surface area contributed by atoms with Crippen LogP contribution in [0.3, 0.4) is 0 Å². The van der Waals surface area contributed by atoms with Gasteiger partial charge >= 0.3 is 0 Å². The molecule has 1 aliphatic rings. The standard InChI is InChI=1S/C12H15ClN2O.ClH/c1-9-8-15(7-6-14-9)12(16)10-4-2-3-5-11(10)13;/h2-5,9,14H,6-8H2,1H3;1H/t9-;/m1./s1. The van der Waals surface area contributed by atoms with Crippen molar-refractivity contribution in [3.63, 3.8) is 0 Å². The number of nitrogens with zero attached hydrogens (tertiary/aromatic N) is 1. The molecular formula is C12H16Cl2N2O. The van der Waals surface area contributed by atoms with Crippen LogP contribution in [0.25, 0.3) is 0 Å². The van der Waals surface area contributed by atoms with E-state index in [9.17, 15) is 4.79 Å². The van der Waals surface area contributed by atoms with Gasteiger partial charge in [-0.3, -0.25) is 4.79 Å². The summed E-state index contributed by atoms with van der Waals surface area (Å²) in [5.41, 5.74) is 0.596. The second-order valence-electron chi connectivity index (χ2n) is 4.09. The Morgan fingerprint density at radius 3 is 2.82 bits per heavy atom. The van der Waals surface area contributed by atoms with E-state index in [1.807, 2.05) is 17.0 Å². The first-order valence-electron chi connectivity index (χ1n) is 5.45. The molecule has 1 aromatic rings. The van der Waals surface area contributed by atoms with Gasteiger partial charge in [0.05, 0.1) is 10.6 Å². The van der Waals surface area contributed by atoms with E-state index in [2.05, 4.69) is 12.2 Å². The highest BCUT2D eigenvalue weighted by Gasteiger charge is 2.22. The predicted octanol–water partition coefficient (Wildman–Crippen LogP) is 2.20. The number of hydrogen-bond donors (Lipinski definition) is 1. The summed E-state index contributed by atoms with van der Waals surface area (Å²) >= 11 is 6.01. The van der Waals surface area contributed by atoms with Crippen LogP contribution < -0.4 is 5.32 Å². The van der Waals surface area contributed by atoms with Crippen LogP contribution in [0.2, 0.25) is 5.02 Å². The van der Waals surface area contributed by atoms with Gasteiger partial charge in [0.15, 0.2) is 0 Å². The van der Waals surface area contributed by atoms with Gasteiger partial charge in [0, 0.05) is 25.7 Å². The molecule has 94 valence electrons. The van der Waals surface area contributed by atoms with Crippen molar-refractivity contribution in [1.82, 2.24) is 10.2 Å². The van der Waals surface area contributed by atoms with Crippen molar-refractivity contribution in [3.8, 4) is 0 Å². The summed E-state index contributed by atoms with van der Waals surface area (Å²) in [6.07, 6.45) is 0. The summed E-state index contributed by atoms with van der Waals surface area (Å²) in [6, 6.07) is 7.54. The fraction of sp³-hybridized carbons (Fsp3) is 0.417. The van der Waals surface area contributed by atoms with E-state index >= 15 is 0 Å². The molecular weight excluding hydrogens is 259 g/mol. The summed E-state index contributed by atoms with van der Waals surface area (Å²) in [7, 11) is 0. The first-order chi connectivity index (χ1) is 7.68. The van der Waals surface area contributed by atoms with Gasteiger partial charge in [0.1, 0.15) is 0 Å². The third-order valence-corrected chi connectivity index (χ3v) is 3.09. The number of amides is 1. The van der Waals surface area contributed by atoms with Crippen molar-refractivity contribution >= 4 is 29.9 Å². The molecule has 0 unspecified atom stereocenters. The summed E-state index contributed by atoms with van der Waals surface area (Å²) in [5, 5.41) is 3.83. The highest BCUT2D eigenvalue weighted by molar-refractivity contribution is 6.33. The van der Waals surface area contributed by atoms with Crippen molar-refractivity contribution in [1.29, 1.82) is 0 Å². The largest absolute Gasteiger partial charge is 0.336 e. The van der Waals surface area contributed by atoms with Crippen LogP contribution in [-0.2, 0) is 0 Å². The Morgan fingerprint density at radius 2 is 2.18 bits per heavy atom. The number of carbonyl (C=O) groups excluding carboxylic acids is 1. The minimum absolute atomic E-state index is 0. The SMILES string of the molecule is C[C@@H]1CN(C(=O)c2ccccc2Cl)CCN1.Cl. The average molecular weight is 275 g/mol. The summed E-state index contributed by atoms with van der Waals surface area (Å²) in [5.74, 6) is 0.0268. The summed E-state index contributed by atoms with van der Waals surface area (Å²) < 4.78 is 0. The van der Waals surface area contributed by atoms with Crippen molar-refractivity contribution in [2.45, 2.75) is 13.0 Å². The number of piperazine rings is 1. The minimum Gasteiger partial charge on any atom is -0.336 e. The molecule has 1 saturated heterocycles. The molecule has 17 heavy (non-hydrogen) atoms. The zero-order valence-corrected chi connectivity index (χ0v) is 11.2. The van der Waals surface area contributed by atoms with Gasteiger partial charge in [-0.25, -0.2) is 0 Å². The van der Waals surface area contributed by atoms with E-state index in [0.717, 1.165) is 19.6 Å². The number of nitrogens with one attached hydrogen (secondary N) is 1. The van der Waals surface area contributed by atoms with Crippen molar-refractivity contribution in [2.75, 3.05) is 19.6 Å². The van der Waals surface area contributed by atoms with Crippen LogP contribution in [0.4, 0.5) is 0 Å². The van der Waals surface area contributed by atoms with E-state index in [-0.39, 0.29) is 18.3 Å². The lowest BCUT2D eigenvalue weighted by atomic mass is 10.1. The lowest BCUT2D eigenvalue weighted by Gasteiger charge is -2.32. The third kappa shape index (κ3) is 3.35. The molecule has 1 aliphatic heterocycles. The Labute approximate surface area is 113 Å². The van der Waals surface area contributed by atoms with Crippen LogP contribution >= 0.6 is 24.0 Å².